The van der Waals surface area contributed by atoms with Crippen LogP contribution < -0.4 is 10.5 Å². The fourth-order valence-corrected chi connectivity index (χ4v) is 4.52. The Morgan fingerprint density at radius 2 is 1.67 bits per heavy atom. The molecule has 0 aromatic heterocycles. The summed E-state index contributed by atoms with van der Waals surface area (Å²) in [5.41, 5.74) is 7.61. The number of nitrogens with zero attached hydrogens (tertiary/aromatic N) is 2. The van der Waals surface area contributed by atoms with Gasteiger partial charge in [-0.05, 0) is 61.7 Å². The first-order valence-electron chi connectivity index (χ1n) is 8.54. The van der Waals surface area contributed by atoms with Gasteiger partial charge in [0, 0.05) is 43.4 Å². The highest BCUT2D eigenvalue weighted by atomic mass is 79.9. The van der Waals surface area contributed by atoms with Gasteiger partial charge in [-0.2, -0.15) is 0 Å². The first kappa shape index (κ1) is 20.5. The second kappa shape index (κ2) is 9.28. The SMILES string of the molecule is Nc1cc(Br)c(OCC(=O)N2CCN(Cc3ccc(Cl)cc3)CC2)c(Br)c1. The number of carbonyl (C=O) groups is 1. The van der Waals surface area contributed by atoms with Crippen molar-refractivity contribution in [3.05, 3.63) is 55.9 Å². The molecular formula is C19H20Br2ClN3O2. The van der Waals surface area contributed by atoms with Crippen molar-refractivity contribution in [1.29, 1.82) is 0 Å². The quantitative estimate of drug-likeness (QED) is 0.605. The molecule has 1 heterocycles. The van der Waals surface area contributed by atoms with Crippen molar-refractivity contribution in [2.24, 2.45) is 0 Å². The normalized spacial score (nSPS) is 15.0. The Balaban J connectivity index is 1.48. The van der Waals surface area contributed by atoms with E-state index in [1.54, 1.807) is 12.1 Å². The minimum Gasteiger partial charge on any atom is -0.481 e. The molecule has 0 saturated carbocycles. The maximum Gasteiger partial charge on any atom is 0.260 e. The molecule has 2 aromatic carbocycles. The number of nitrogen functional groups attached to an aromatic ring is 1. The van der Waals surface area contributed by atoms with E-state index in [0.717, 1.165) is 33.6 Å². The Hall–Kier alpha value is -1.28. The minimum atomic E-state index is -0.0169. The molecule has 2 N–H and O–H groups in total. The van der Waals surface area contributed by atoms with Gasteiger partial charge in [-0.15, -0.1) is 0 Å². The third kappa shape index (κ3) is 5.60. The first-order chi connectivity index (χ1) is 12.9. The summed E-state index contributed by atoms with van der Waals surface area (Å²) in [4.78, 5) is 16.7. The van der Waals surface area contributed by atoms with Crippen molar-refractivity contribution in [1.82, 2.24) is 9.80 Å². The Morgan fingerprint density at radius 1 is 1.07 bits per heavy atom. The van der Waals surface area contributed by atoms with Crippen LogP contribution in [0.2, 0.25) is 5.02 Å². The van der Waals surface area contributed by atoms with Crippen LogP contribution in [0.25, 0.3) is 0 Å². The van der Waals surface area contributed by atoms with Crippen LogP contribution >= 0.6 is 43.5 Å². The number of hydrogen-bond acceptors (Lipinski definition) is 4. The van der Waals surface area contributed by atoms with Crippen molar-refractivity contribution in [2.75, 3.05) is 38.5 Å². The van der Waals surface area contributed by atoms with Crippen molar-refractivity contribution >= 4 is 55.1 Å². The van der Waals surface area contributed by atoms with Gasteiger partial charge in [0.15, 0.2) is 6.61 Å². The van der Waals surface area contributed by atoms with Gasteiger partial charge in [0.1, 0.15) is 5.75 Å². The van der Waals surface area contributed by atoms with E-state index in [-0.39, 0.29) is 12.5 Å². The molecule has 0 radical (unpaired) electrons. The maximum atomic E-state index is 12.5. The zero-order valence-electron chi connectivity index (χ0n) is 14.6. The van der Waals surface area contributed by atoms with Gasteiger partial charge >= 0.3 is 0 Å². The van der Waals surface area contributed by atoms with Gasteiger partial charge in [-0.1, -0.05) is 23.7 Å². The summed E-state index contributed by atoms with van der Waals surface area (Å²) in [6.07, 6.45) is 0. The number of nitrogens with two attached hydrogens (primary N) is 1. The molecule has 1 fully saturated rings. The maximum absolute atomic E-state index is 12.5. The molecule has 27 heavy (non-hydrogen) atoms. The lowest BCUT2D eigenvalue weighted by Crippen LogP contribution is -2.49. The Bertz CT molecular complexity index is 786. The third-order valence-electron chi connectivity index (χ3n) is 4.41. The first-order valence-corrected chi connectivity index (χ1v) is 10.5. The summed E-state index contributed by atoms with van der Waals surface area (Å²) >= 11 is 12.8. The number of halogens is 3. The summed E-state index contributed by atoms with van der Waals surface area (Å²) in [5.74, 6) is 0.565. The number of anilines is 1. The van der Waals surface area contributed by atoms with Crippen molar-refractivity contribution in [3.8, 4) is 5.75 Å². The molecule has 0 bridgehead atoms. The fourth-order valence-electron chi connectivity index (χ4n) is 2.95. The second-order valence-corrected chi connectivity index (χ2v) is 8.53. The monoisotopic (exact) mass is 515 g/mol. The van der Waals surface area contributed by atoms with Crippen LogP contribution in [0.5, 0.6) is 5.75 Å². The molecule has 8 heteroatoms. The van der Waals surface area contributed by atoms with Gasteiger partial charge in [0.05, 0.1) is 8.95 Å². The smallest absolute Gasteiger partial charge is 0.260 e. The highest BCUT2D eigenvalue weighted by Gasteiger charge is 2.22. The summed E-state index contributed by atoms with van der Waals surface area (Å²) < 4.78 is 7.14. The lowest BCUT2D eigenvalue weighted by Gasteiger charge is -2.34. The van der Waals surface area contributed by atoms with Crippen LogP contribution in [-0.4, -0.2) is 48.5 Å². The number of amides is 1. The Labute approximate surface area is 180 Å². The third-order valence-corrected chi connectivity index (χ3v) is 5.84. The van der Waals surface area contributed by atoms with Crippen LogP contribution in [0.3, 0.4) is 0 Å². The number of benzene rings is 2. The molecule has 0 aliphatic carbocycles. The molecular weight excluding hydrogens is 497 g/mol. The van der Waals surface area contributed by atoms with E-state index < -0.39 is 0 Å². The van der Waals surface area contributed by atoms with Crippen molar-refractivity contribution in [2.45, 2.75) is 6.54 Å². The topological polar surface area (TPSA) is 58.8 Å². The van der Waals surface area contributed by atoms with Crippen molar-refractivity contribution < 1.29 is 9.53 Å². The van der Waals surface area contributed by atoms with Gasteiger partial charge in [-0.25, -0.2) is 0 Å². The predicted octanol–water partition coefficient (Wildman–Crippen LogP) is 4.17. The second-order valence-electron chi connectivity index (χ2n) is 6.39. The molecule has 3 rings (SSSR count). The molecule has 0 unspecified atom stereocenters. The minimum absolute atomic E-state index is 0.00168. The molecule has 1 aliphatic rings. The van der Waals surface area contributed by atoms with E-state index in [1.165, 1.54) is 5.56 Å². The fraction of sp³-hybridized carbons (Fsp3) is 0.316. The summed E-state index contributed by atoms with van der Waals surface area (Å²) in [6.45, 7) is 3.92. The summed E-state index contributed by atoms with van der Waals surface area (Å²) in [7, 11) is 0. The molecule has 0 spiro atoms. The molecule has 1 amide bonds. The van der Waals surface area contributed by atoms with Crippen LogP contribution in [0.15, 0.2) is 45.3 Å². The highest BCUT2D eigenvalue weighted by molar-refractivity contribution is 9.11. The number of hydrogen-bond donors (Lipinski definition) is 1. The van der Waals surface area contributed by atoms with E-state index in [4.69, 9.17) is 22.1 Å². The van der Waals surface area contributed by atoms with Crippen molar-refractivity contribution in [3.63, 3.8) is 0 Å². The van der Waals surface area contributed by atoms with Gasteiger partial charge in [-0.3, -0.25) is 9.69 Å². The lowest BCUT2D eigenvalue weighted by atomic mass is 10.2. The zero-order chi connectivity index (χ0) is 19.4. The molecule has 2 aromatic rings. The zero-order valence-corrected chi connectivity index (χ0v) is 18.6. The molecule has 1 saturated heterocycles. The van der Waals surface area contributed by atoms with Crippen LogP contribution in [-0.2, 0) is 11.3 Å². The van der Waals surface area contributed by atoms with Gasteiger partial charge in [0.2, 0.25) is 0 Å². The molecule has 144 valence electrons. The van der Waals surface area contributed by atoms with E-state index >= 15 is 0 Å². The van der Waals surface area contributed by atoms with E-state index in [2.05, 4.69) is 36.8 Å². The van der Waals surface area contributed by atoms with E-state index in [0.29, 0.717) is 24.5 Å². The Kier molecular flexibility index (Phi) is 7.03. The molecule has 1 aliphatic heterocycles. The standard InChI is InChI=1S/C19H20Br2ClN3O2/c20-16-9-15(23)10-17(21)19(16)27-12-18(26)25-7-5-24(6-8-25)11-13-1-3-14(22)4-2-13/h1-4,9-10H,5-8,11-12,23H2. The molecule has 0 atom stereocenters. The number of rotatable bonds is 5. The van der Waals surface area contributed by atoms with E-state index in [9.17, 15) is 4.79 Å². The highest BCUT2D eigenvalue weighted by Crippen LogP contribution is 2.35. The number of ether oxygens (including phenoxy) is 1. The summed E-state index contributed by atoms with van der Waals surface area (Å²) in [5, 5.41) is 0.744. The van der Waals surface area contributed by atoms with E-state index in [1.807, 2.05) is 29.2 Å². The van der Waals surface area contributed by atoms with Gasteiger partial charge < -0.3 is 15.4 Å². The van der Waals surface area contributed by atoms with Crippen LogP contribution in [0.4, 0.5) is 5.69 Å². The lowest BCUT2D eigenvalue weighted by molar-refractivity contribution is -0.135. The number of piperazine rings is 1. The predicted molar refractivity (Wildman–Crippen MR) is 115 cm³/mol. The molecule has 5 nitrogen and oxygen atoms in total. The van der Waals surface area contributed by atoms with Crippen LogP contribution in [0.1, 0.15) is 5.56 Å². The van der Waals surface area contributed by atoms with Crippen LogP contribution in [0, 0.1) is 0 Å². The average Bonchev–Trinajstić information content (AvgIpc) is 2.63. The Morgan fingerprint density at radius 3 is 2.26 bits per heavy atom. The summed E-state index contributed by atoms with van der Waals surface area (Å²) in [6, 6.07) is 11.4. The average molecular weight is 518 g/mol. The van der Waals surface area contributed by atoms with Gasteiger partial charge in [0.25, 0.3) is 5.91 Å². The largest absolute Gasteiger partial charge is 0.481 e. The number of carbonyl (C=O) groups excluding carboxylic acids is 1.